The van der Waals surface area contributed by atoms with Crippen molar-refractivity contribution in [2.24, 2.45) is 0 Å². The molecule has 6 heteroatoms. The van der Waals surface area contributed by atoms with Crippen LogP contribution in [-0.2, 0) is 0 Å². The average Bonchev–Trinajstić information content (AvgIpc) is 3.47. The topological polar surface area (TPSA) is 38.1 Å². The van der Waals surface area contributed by atoms with Crippen LogP contribution in [-0.4, -0.2) is 33.4 Å². The molecule has 1 fully saturated rings. The number of carbonyl (C=O) groups is 1. The minimum absolute atomic E-state index is 0.138. The third-order valence-corrected chi connectivity index (χ3v) is 7.18. The van der Waals surface area contributed by atoms with Gasteiger partial charge in [-0.25, -0.2) is 4.98 Å². The maximum atomic E-state index is 13.2. The molecule has 0 saturated carbocycles. The first-order chi connectivity index (χ1) is 13.3. The van der Waals surface area contributed by atoms with Crippen LogP contribution in [0.3, 0.4) is 0 Å². The van der Waals surface area contributed by atoms with Crippen LogP contribution in [0.4, 0.5) is 0 Å². The van der Waals surface area contributed by atoms with Gasteiger partial charge in [-0.05, 0) is 48.6 Å². The molecular formula is C21H19N3OS2. The molecule has 27 heavy (non-hydrogen) atoms. The van der Waals surface area contributed by atoms with Gasteiger partial charge in [-0.1, -0.05) is 12.1 Å². The second-order valence-electron chi connectivity index (χ2n) is 6.84. The molecule has 4 heterocycles. The number of para-hydroxylation sites is 1. The van der Waals surface area contributed by atoms with Crippen molar-refractivity contribution in [2.45, 2.75) is 18.8 Å². The fraction of sp³-hybridized carbons (Fsp3) is 0.238. The highest BCUT2D eigenvalue weighted by Gasteiger charge is 2.29. The number of thiazole rings is 1. The first-order valence-electron chi connectivity index (χ1n) is 9.15. The summed E-state index contributed by atoms with van der Waals surface area (Å²) in [6, 6.07) is 14.3. The number of hydrogen-bond acceptors (Lipinski definition) is 4. The van der Waals surface area contributed by atoms with Gasteiger partial charge in [0.1, 0.15) is 4.88 Å². The first-order valence-corrected chi connectivity index (χ1v) is 10.8. The molecule has 5 rings (SSSR count). The number of amides is 1. The fourth-order valence-electron chi connectivity index (χ4n) is 3.73. The molecule has 4 nitrogen and oxygen atoms in total. The van der Waals surface area contributed by atoms with Crippen molar-refractivity contribution in [1.82, 2.24) is 14.5 Å². The molecule has 0 aliphatic carbocycles. The van der Waals surface area contributed by atoms with Gasteiger partial charge in [-0.2, -0.15) is 0 Å². The summed E-state index contributed by atoms with van der Waals surface area (Å²) in [5, 5.41) is 3.16. The van der Waals surface area contributed by atoms with Gasteiger partial charge in [-0.3, -0.25) is 4.79 Å². The maximum Gasteiger partial charge on any atom is 0.266 e. The SMILES string of the molecule is O=C(c1sccc1-n1cccc1)N1CCCC(c2nc3ccccc3s2)C1. The van der Waals surface area contributed by atoms with Crippen LogP contribution in [0.25, 0.3) is 15.9 Å². The normalized spacial score (nSPS) is 17.5. The molecule has 0 radical (unpaired) electrons. The summed E-state index contributed by atoms with van der Waals surface area (Å²) >= 11 is 3.29. The highest BCUT2D eigenvalue weighted by Crippen LogP contribution is 2.34. The summed E-state index contributed by atoms with van der Waals surface area (Å²) in [6.45, 7) is 1.57. The lowest BCUT2D eigenvalue weighted by atomic mass is 9.98. The van der Waals surface area contributed by atoms with E-state index in [1.165, 1.54) is 16.0 Å². The van der Waals surface area contributed by atoms with Crippen molar-refractivity contribution in [3.8, 4) is 5.69 Å². The quantitative estimate of drug-likeness (QED) is 0.482. The summed E-state index contributed by atoms with van der Waals surface area (Å²) in [6.07, 6.45) is 6.09. The standard InChI is InChI=1S/C21H19N3OS2/c25-21(19-17(9-13-26-19)23-10-3-4-11-23)24-12-5-6-15(14-24)20-22-16-7-1-2-8-18(16)27-20/h1-4,7-11,13,15H,5-6,12,14H2. The largest absolute Gasteiger partial charge is 0.337 e. The van der Waals surface area contributed by atoms with Crippen LogP contribution in [0.2, 0.25) is 0 Å². The number of rotatable bonds is 3. The lowest BCUT2D eigenvalue weighted by Gasteiger charge is -2.31. The Morgan fingerprint density at radius 2 is 1.96 bits per heavy atom. The van der Waals surface area contributed by atoms with E-state index in [0.29, 0.717) is 5.92 Å². The zero-order chi connectivity index (χ0) is 18.2. The molecule has 1 aliphatic rings. The van der Waals surface area contributed by atoms with E-state index in [1.807, 2.05) is 51.5 Å². The number of nitrogens with zero attached hydrogens (tertiary/aromatic N) is 3. The van der Waals surface area contributed by atoms with E-state index < -0.39 is 0 Å². The number of aromatic nitrogens is 2. The number of benzene rings is 1. The van der Waals surface area contributed by atoms with Gasteiger partial charge >= 0.3 is 0 Å². The lowest BCUT2D eigenvalue weighted by Crippen LogP contribution is -2.39. The van der Waals surface area contributed by atoms with E-state index in [-0.39, 0.29) is 5.91 Å². The Kier molecular flexibility index (Phi) is 4.30. The number of piperidine rings is 1. The van der Waals surface area contributed by atoms with E-state index in [1.54, 1.807) is 11.3 Å². The zero-order valence-corrected chi connectivity index (χ0v) is 16.4. The molecule has 0 bridgehead atoms. The summed E-state index contributed by atoms with van der Waals surface area (Å²) in [5.41, 5.74) is 2.03. The monoisotopic (exact) mass is 393 g/mol. The van der Waals surface area contributed by atoms with Crippen molar-refractivity contribution >= 4 is 38.8 Å². The highest BCUT2D eigenvalue weighted by atomic mass is 32.1. The molecule has 1 aromatic carbocycles. The Labute approximate surface area is 165 Å². The van der Waals surface area contributed by atoms with Crippen LogP contribution < -0.4 is 0 Å². The maximum absolute atomic E-state index is 13.2. The third-order valence-electron chi connectivity index (χ3n) is 5.09. The van der Waals surface area contributed by atoms with Crippen LogP contribution in [0, 0.1) is 0 Å². The fourth-order valence-corrected chi connectivity index (χ4v) is 5.68. The van der Waals surface area contributed by atoms with E-state index >= 15 is 0 Å². The molecule has 0 spiro atoms. The van der Waals surface area contributed by atoms with E-state index in [9.17, 15) is 4.79 Å². The predicted molar refractivity (Wildman–Crippen MR) is 111 cm³/mol. The molecule has 1 amide bonds. The first kappa shape index (κ1) is 16.7. The van der Waals surface area contributed by atoms with Gasteiger partial charge in [0.15, 0.2) is 0 Å². The summed E-state index contributed by atoms with van der Waals surface area (Å²) in [5.74, 6) is 0.467. The molecule has 136 valence electrons. The van der Waals surface area contributed by atoms with E-state index in [0.717, 1.165) is 47.0 Å². The molecule has 3 aromatic heterocycles. The molecular weight excluding hydrogens is 374 g/mol. The van der Waals surface area contributed by atoms with Crippen LogP contribution in [0.1, 0.15) is 33.4 Å². The second kappa shape index (κ2) is 6.94. The predicted octanol–water partition coefficient (Wildman–Crippen LogP) is 5.17. The minimum Gasteiger partial charge on any atom is -0.337 e. The molecule has 1 aliphatic heterocycles. The van der Waals surface area contributed by atoms with Crippen LogP contribution in [0.15, 0.2) is 60.2 Å². The summed E-state index contributed by atoms with van der Waals surface area (Å²) < 4.78 is 3.24. The van der Waals surface area contributed by atoms with Gasteiger partial charge in [0.05, 0.1) is 20.9 Å². The van der Waals surface area contributed by atoms with E-state index in [2.05, 4.69) is 18.2 Å². The number of carbonyl (C=O) groups excluding carboxylic acids is 1. The van der Waals surface area contributed by atoms with Gasteiger partial charge < -0.3 is 9.47 Å². The summed E-state index contributed by atoms with van der Waals surface area (Å²) in [7, 11) is 0. The third kappa shape index (κ3) is 3.09. The Morgan fingerprint density at radius 1 is 1.11 bits per heavy atom. The minimum atomic E-state index is 0.138. The van der Waals surface area contributed by atoms with Crippen LogP contribution in [0.5, 0.6) is 0 Å². The smallest absolute Gasteiger partial charge is 0.266 e. The second-order valence-corrected chi connectivity index (χ2v) is 8.81. The van der Waals surface area contributed by atoms with Crippen molar-refractivity contribution < 1.29 is 4.79 Å². The molecule has 4 aromatic rings. The van der Waals surface area contributed by atoms with E-state index in [4.69, 9.17) is 4.98 Å². The van der Waals surface area contributed by atoms with Crippen molar-refractivity contribution in [3.63, 3.8) is 0 Å². The Morgan fingerprint density at radius 3 is 2.81 bits per heavy atom. The molecule has 1 unspecified atom stereocenters. The molecule has 0 N–H and O–H groups in total. The van der Waals surface area contributed by atoms with Gasteiger partial charge in [0.25, 0.3) is 5.91 Å². The van der Waals surface area contributed by atoms with Gasteiger partial charge in [0, 0.05) is 31.4 Å². The highest BCUT2D eigenvalue weighted by molar-refractivity contribution is 7.18. The van der Waals surface area contributed by atoms with Gasteiger partial charge in [-0.15, -0.1) is 22.7 Å². The number of likely N-dealkylation sites (tertiary alicyclic amines) is 1. The van der Waals surface area contributed by atoms with Crippen molar-refractivity contribution in [1.29, 1.82) is 0 Å². The Hall–Kier alpha value is -2.44. The van der Waals surface area contributed by atoms with Crippen LogP contribution >= 0.6 is 22.7 Å². The van der Waals surface area contributed by atoms with Gasteiger partial charge in [0.2, 0.25) is 0 Å². The number of thiophene rings is 1. The summed E-state index contributed by atoms with van der Waals surface area (Å²) in [4.78, 5) is 20.9. The number of fused-ring (bicyclic) bond motifs is 1. The number of hydrogen-bond donors (Lipinski definition) is 0. The van der Waals surface area contributed by atoms with Crippen molar-refractivity contribution in [2.75, 3.05) is 13.1 Å². The Bertz CT molecular complexity index is 1050. The molecule has 1 saturated heterocycles. The zero-order valence-electron chi connectivity index (χ0n) is 14.7. The molecule has 1 atom stereocenters. The lowest BCUT2D eigenvalue weighted by molar-refractivity contribution is 0.0712. The van der Waals surface area contributed by atoms with Crippen molar-refractivity contribution in [3.05, 3.63) is 70.1 Å². The Balaban J connectivity index is 1.40. The average molecular weight is 394 g/mol.